The maximum absolute atomic E-state index is 12.2. The lowest BCUT2D eigenvalue weighted by Gasteiger charge is -2.11. The number of hydrogen-bond donors (Lipinski definition) is 2. The first-order valence-electron chi connectivity index (χ1n) is 6.33. The molecular formula is C12H19ClN4O. The number of anilines is 1. The molecule has 0 saturated heterocycles. The Bertz CT molecular complexity index is 468. The molecule has 1 unspecified atom stereocenters. The maximum atomic E-state index is 12.2. The minimum atomic E-state index is -0.140. The third-order valence-corrected chi connectivity index (χ3v) is 3.31. The molecular weight excluding hydrogens is 252 g/mol. The summed E-state index contributed by atoms with van der Waals surface area (Å²) in [6.45, 7) is 3.26. The van der Waals surface area contributed by atoms with E-state index in [1.165, 1.54) is 23.7 Å². The van der Waals surface area contributed by atoms with Gasteiger partial charge in [-0.15, -0.1) is 0 Å². The van der Waals surface area contributed by atoms with Crippen LogP contribution >= 0.6 is 11.6 Å². The predicted molar refractivity (Wildman–Crippen MR) is 73.0 cm³/mol. The van der Waals surface area contributed by atoms with Crippen molar-refractivity contribution in [3.8, 4) is 0 Å². The van der Waals surface area contributed by atoms with E-state index in [0.717, 1.165) is 6.42 Å². The summed E-state index contributed by atoms with van der Waals surface area (Å²) in [6, 6.07) is 0.104. The van der Waals surface area contributed by atoms with E-state index in [1.54, 1.807) is 0 Å². The second kappa shape index (κ2) is 5.71. The van der Waals surface area contributed by atoms with Crippen LogP contribution in [0.1, 0.15) is 26.2 Å². The molecule has 1 aromatic rings. The fourth-order valence-electron chi connectivity index (χ4n) is 1.73. The normalized spacial score (nSPS) is 16.6. The van der Waals surface area contributed by atoms with Crippen LogP contribution in [0.4, 0.5) is 5.69 Å². The first kappa shape index (κ1) is 13.4. The van der Waals surface area contributed by atoms with Crippen molar-refractivity contribution in [3.63, 3.8) is 0 Å². The lowest BCUT2D eigenvalue weighted by atomic mass is 10.2. The van der Waals surface area contributed by atoms with Crippen LogP contribution in [0.3, 0.4) is 0 Å². The molecule has 0 amide bonds. The lowest BCUT2D eigenvalue weighted by Crippen LogP contribution is -2.28. The Balaban J connectivity index is 2.09. The summed E-state index contributed by atoms with van der Waals surface area (Å²) in [6.07, 6.45) is 4.69. The molecule has 0 spiro atoms. The fraction of sp³-hybridized carbons (Fsp3) is 0.667. The molecule has 5 nitrogen and oxygen atoms in total. The molecule has 6 heteroatoms. The third-order valence-electron chi connectivity index (χ3n) is 3.03. The van der Waals surface area contributed by atoms with E-state index in [1.807, 2.05) is 6.92 Å². The fourth-order valence-corrected chi connectivity index (χ4v) is 1.92. The number of halogens is 1. The molecule has 1 aromatic heterocycles. The minimum absolute atomic E-state index is 0.104. The van der Waals surface area contributed by atoms with Crippen LogP contribution in [0, 0.1) is 5.92 Å². The summed E-state index contributed by atoms with van der Waals surface area (Å²) >= 11 is 6.00. The quantitative estimate of drug-likeness (QED) is 0.821. The highest BCUT2D eigenvalue weighted by Gasteiger charge is 2.23. The van der Waals surface area contributed by atoms with Gasteiger partial charge in [-0.05, 0) is 32.1 Å². The van der Waals surface area contributed by atoms with Gasteiger partial charge in [0, 0.05) is 19.1 Å². The smallest absolute Gasteiger partial charge is 0.291 e. The average molecular weight is 271 g/mol. The van der Waals surface area contributed by atoms with Gasteiger partial charge in [0.25, 0.3) is 5.56 Å². The van der Waals surface area contributed by atoms with E-state index < -0.39 is 0 Å². The van der Waals surface area contributed by atoms with Crippen LogP contribution in [0.2, 0.25) is 5.02 Å². The largest absolute Gasteiger partial charge is 0.379 e. The molecule has 0 aliphatic heterocycles. The molecule has 1 aliphatic rings. The van der Waals surface area contributed by atoms with Gasteiger partial charge in [-0.1, -0.05) is 11.6 Å². The second-order valence-corrected chi connectivity index (χ2v) is 5.40. The minimum Gasteiger partial charge on any atom is -0.379 e. The summed E-state index contributed by atoms with van der Waals surface area (Å²) < 4.78 is 1.50. The Kier molecular flexibility index (Phi) is 4.24. The number of hydrogen-bond acceptors (Lipinski definition) is 4. The van der Waals surface area contributed by atoms with Gasteiger partial charge >= 0.3 is 0 Å². The van der Waals surface area contributed by atoms with Crippen LogP contribution < -0.4 is 16.6 Å². The number of nitrogens with one attached hydrogen (secondary N) is 1. The van der Waals surface area contributed by atoms with E-state index >= 15 is 0 Å². The molecule has 1 fully saturated rings. The number of nitrogens with zero attached hydrogens (tertiary/aromatic N) is 2. The van der Waals surface area contributed by atoms with Gasteiger partial charge in [0.2, 0.25) is 0 Å². The Morgan fingerprint density at radius 1 is 1.67 bits per heavy atom. The van der Waals surface area contributed by atoms with Crippen LogP contribution in [0.5, 0.6) is 0 Å². The Hall–Kier alpha value is -1.07. The number of aromatic nitrogens is 2. The molecule has 2 rings (SSSR count). The topological polar surface area (TPSA) is 72.9 Å². The van der Waals surface area contributed by atoms with Gasteiger partial charge in [0.05, 0.1) is 11.2 Å². The molecule has 1 saturated carbocycles. The Morgan fingerprint density at radius 2 is 2.39 bits per heavy atom. The van der Waals surface area contributed by atoms with Crippen LogP contribution in [-0.2, 0) is 6.54 Å². The van der Waals surface area contributed by atoms with Crippen molar-refractivity contribution in [3.05, 3.63) is 21.6 Å². The molecule has 3 N–H and O–H groups in total. The van der Waals surface area contributed by atoms with Gasteiger partial charge in [-0.3, -0.25) is 4.79 Å². The van der Waals surface area contributed by atoms with Gasteiger partial charge in [0.1, 0.15) is 5.69 Å². The van der Waals surface area contributed by atoms with Crippen molar-refractivity contribution < 1.29 is 0 Å². The average Bonchev–Trinajstić information content (AvgIpc) is 3.10. The van der Waals surface area contributed by atoms with Crippen molar-refractivity contribution in [2.75, 3.05) is 11.9 Å². The molecule has 0 radical (unpaired) electrons. The zero-order valence-corrected chi connectivity index (χ0v) is 11.3. The molecule has 1 aliphatic carbocycles. The Morgan fingerprint density at radius 3 is 3.00 bits per heavy atom. The zero-order chi connectivity index (χ0) is 13.1. The van der Waals surface area contributed by atoms with Crippen molar-refractivity contribution in [2.24, 2.45) is 11.7 Å². The number of nitrogens with two attached hydrogens (primary N) is 1. The van der Waals surface area contributed by atoms with Crippen LogP contribution in [0.25, 0.3) is 0 Å². The zero-order valence-electron chi connectivity index (χ0n) is 10.5. The summed E-state index contributed by atoms with van der Waals surface area (Å²) in [5.41, 5.74) is 5.97. The Labute approximate surface area is 111 Å². The van der Waals surface area contributed by atoms with Gasteiger partial charge in [0.15, 0.2) is 0 Å². The number of rotatable bonds is 6. The predicted octanol–water partition coefficient (Wildman–Crippen LogP) is 1.46. The molecule has 1 heterocycles. The standard InChI is InChI=1S/C12H19ClN4O/c1-8(14)4-5-15-11-10(13)6-16-17(12(11)18)7-9-2-3-9/h6,8-9,15H,2-5,7,14H2,1H3. The highest BCUT2D eigenvalue weighted by Crippen LogP contribution is 2.30. The van der Waals surface area contributed by atoms with E-state index in [2.05, 4.69) is 10.4 Å². The van der Waals surface area contributed by atoms with E-state index in [0.29, 0.717) is 29.7 Å². The molecule has 1 atom stereocenters. The monoisotopic (exact) mass is 270 g/mol. The van der Waals surface area contributed by atoms with Crippen LogP contribution in [-0.4, -0.2) is 22.4 Å². The van der Waals surface area contributed by atoms with Gasteiger partial charge in [-0.2, -0.15) is 5.10 Å². The molecule has 0 aromatic carbocycles. The van der Waals surface area contributed by atoms with Crippen molar-refractivity contribution in [2.45, 2.75) is 38.8 Å². The van der Waals surface area contributed by atoms with E-state index in [-0.39, 0.29) is 11.6 Å². The van der Waals surface area contributed by atoms with Crippen molar-refractivity contribution in [1.82, 2.24) is 9.78 Å². The molecule has 18 heavy (non-hydrogen) atoms. The van der Waals surface area contributed by atoms with E-state index in [4.69, 9.17) is 17.3 Å². The second-order valence-electron chi connectivity index (χ2n) is 4.99. The third kappa shape index (κ3) is 3.46. The summed E-state index contributed by atoms with van der Waals surface area (Å²) in [4.78, 5) is 12.2. The molecule has 100 valence electrons. The van der Waals surface area contributed by atoms with Gasteiger partial charge in [-0.25, -0.2) is 4.68 Å². The van der Waals surface area contributed by atoms with Gasteiger partial charge < -0.3 is 11.1 Å². The summed E-state index contributed by atoms with van der Waals surface area (Å²) in [5.74, 6) is 0.605. The van der Waals surface area contributed by atoms with Crippen LogP contribution in [0.15, 0.2) is 11.0 Å². The summed E-state index contributed by atoms with van der Waals surface area (Å²) in [5, 5.41) is 7.50. The lowest BCUT2D eigenvalue weighted by molar-refractivity contribution is 0.534. The highest BCUT2D eigenvalue weighted by atomic mass is 35.5. The van der Waals surface area contributed by atoms with Crippen molar-refractivity contribution in [1.29, 1.82) is 0 Å². The maximum Gasteiger partial charge on any atom is 0.291 e. The highest BCUT2D eigenvalue weighted by molar-refractivity contribution is 6.32. The SMILES string of the molecule is CC(N)CCNc1c(Cl)cnn(CC2CC2)c1=O. The van der Waals surface area contributed by atoms with E-state index in [9.17, 15) is 4.79 Å². The molecule has 0 bridgehead atoms. The van der Waals surface area contributed by atoms with Crippen molar-refractivity contribution >= 4 is 17.3 Å². The first-order chi connectivity index (χ1) is 8.58. The summed E-state index contributed by atoms with van der Waals surface area (Å²) in [7, 11) is 0. The first-order valence-corrected chi connectivity index (χ1v) is 6.71.